The minimum Gasteiger partial charge on any atom is -0.450 e. The molecule has 0 radical (unpaired) electrons. The first kappa shape index (κ1) is 17.9. The van der Waals surface area contributed by atoms with E-state index in [0.29, 0.717) is 32.1 Å². The van der Waals surface area contributed by atoms with Gasteiger partial charge in [-0.2, -0.15) is 0 Å². The first-order chi connectivity index (χ1) is 12.7. The van der Waals surface area contributed by atoms with Crippen molar-refractivity contribution in [2.45, 2.75) is 20.4 Å². The fourth-order valence-electron chi connectivity index (χ4n) is 2.83. The van der Waals surface area contributed by atoms with E-state index in [4.69, 9.17) is 4.74 Å². The Kier molecular flexibility index (Phi) is 5.83. The van der Waals surface area contributed by atoms with Crippen molar-refractivity contribution in [2.24, 2.45) is 0 Å². The molecule has 1 fully saturated rings. The molecule has 1 aliphatic heterocycles. The highest BCUT2D eigenvalue weighted by molar-refractivity contribution is 5.68. The predicted molar refractivity (Wildman–Crippen MR) is 99.1 cm³/mol. The summed E-state index contributed by atoms with van der Waals surface area (Å²) in [7, 11) is 0. The monoisotopic (exact) mass is 356 g/mol. The quantitative estimate of drug-likeness (QED) is 0.878. The molecular formula is C18H24N6O2. The van der Waals surface area contributed by atoms with Gasteiger partial charge in [0.05, 0.1) is 6.61 Å². The van der Waals surface area contributed by atoms with Crippen molar-refractivity contribution in [3.63, 3.8) is 0 Å². The van der Waals surface area contributed by atoms with Crippen LogP contribution < -0.4 is 10.2 Å². The summed E-state index contributed by atoms with van der Waals surface area (Å²) < 4.78 is 5.06. The molecule has 2 aromatic rings. The highest BCUT2D eigenvalue weighted by Gasteiger charge is 2.23. The SMILES string of the molecule is CCOC(=O)N1CCN(c2cc(NCc3ccncc3)nc(C)n2)CC1. The number of ether oxygens (including phenoxy) is 1. The van der Waals surface area contributed by atoms with Crippen molar-refractivity contribution < 1.29 is 9.53 Å². The lowest BCUT2D eigenvalue weighted by Gasteiger charge is -2.34. The van der Waals surface area contributed by atoms with Gasteiger partial charge in [0.25, 0.3) is 0 Å². The third-order valence-electron chi connectivity index (χ3n) is 4.18. The minimum atomic E-state index is -0.245. The molecule has 0 saturated carbocycles. The second-order valence-corrected chi connectivity index (χ2v) is 6.04. The van der Waals surface area contributed by atoms with E-state index in [2.05, 4.69) is 25.2 Å². The number of rotatable bonds is 5. The van der Waals surface area contributed by atoms with E-state index < -0.39 is 0 Å². The molecule has 138 valence electrons. The van der Waals surface area contributed by atoms with E-state index in [9.17, 15) is 4.79 Å². The number of amides is 1. The summed E-state index contributed by atoms with van der Waals surface area (Å²) in [5.41, 5.74) is 1.14. The molecule has 2 aromatic heterocycles. The molecule has 3 rings (SSSR count). The summed E-state index contributed by atoms with van der Waals surface area (Å²) >= 11 is 0. The van der Waals surface area contributed by atoms with E-state index in [0.717, 1.165) is 30.3 Å². The maximum Gasteiger partial charge on any atom is 0.409 e. The predicted octanol–water partition coefficient (Wildman–Crippen LogP) is 2.07. The molecule has 26 heavy (non-hydrogen) atoms. The lowest BCUT2D eigenvalue weighted by Crippen LogP contribution is -2.49. The molecule has 0 aliphatic carbocycles. The third-order valence-corrected chi connectivity index (χ3v) is 4.18. The molecule has 8 heteroatoms. The molecule has 0 atom stereocenters. The zero-order chi connectivity index (χ0) is 18.4. The van der Waals surface area contributed by atoms with Gasteiger partial charge in [0.15, 0.2) is 0 Å². The van der Waals surface area contributed by atoms with Gasteiger partial charge in [0.1, 0.15) is 17.5 Å². The Labute approximate surface area is 153 Å². The zero-order valence-corrected chi connectivity index (χ0v) is 15.2. The van der Waals surface area contributed by atoms with Crippen LogP contribution in [0.15, 0.2) is 30.6 Å². The molecule has 1 aliphatic rings. The molecule has 0 aromatic carbocycles. The van der Waals surface area contributed by atoms with Crippen LogP contribution in [-0.2, 0) is 11.3 Å². The number of hydrogen-bond donors (Lipinski definition) is 1. The van der Waals surface area contributed by atoms with E-state index in [1.807, 2.05) is 32.0 Å². The first-order valence-corrected chi connectivity index (χ1v) is 8.81. The molecule has 0 unspecified atom stereocenters. The van der Waals surface area contributed by atoms with Gasteiger partial charge >= 0.3 is 6.09 Å². The number of pyridine rings is 1. The Morgan fingerprint density at radius 3 is 2.62 bits per heavy atom. The van der Waals surface area contributed by atoms with Gasteiger partial charge in [-0.3, -0.25) is 4.98 Å². The van der Waals surface area contributed by atoms with Crippen LogP contribution >= 0.6 is 0 Å². The van der Waals surface area contributed by atoms with Crippen LogP contribution in [0.4, 0.5) is 16.4 Å². The molecule has 8 nitrogen and oxygen atoms in total. The molecule has 1 N–H and O–H groups in total. The van der Waals surface area contributed by atoms with Gasteiger partial charge < -0.3 is 19.9 Å². The summed E-state index contributed by atoms with van der Waals surface area (Å²) in [6.07, 6.45) is 3.30. The van der Waals surface area contributed by atoms with Gasteiger partial charge in [-0.1, -0.05) is 0 Å². The smallest absolute Gasteiger partial charge is 0.409 e. The lowest BCUT2D eigenvalue weighted by atomic mass is 10.2. The van der Waals surface area contributed by atoms with Crippen molar-refractivity contribution in [1.29, 1.82) is 0 Å². The van der Waals surface area contributed by atoms with Crippen LogP contribution in [0.5, 0.6) is 0 Å². The Morgan fingerprint density at radius 2 is 1.92 bits per heavy atom. The number of anilines is 2. The molecule has 1 saturated heterocycles. The minimum absolute atomic E-state index is 0.245. The largest absolute Gasteiger partial charge is 0.450 e. The van der Waals surface area contributed by atoms with Gasteiger partial charge in [-0.25, -0.2) is 14.8 Å². The van der Waals surface area contributed by atoms with Crippen molar-refractivity contribution in [3.8, 4) is 0 Å². The summed E-state index contributed by atoms with van der Waals surface area (Å²) in [4.78, 5) is 28.7. The number of nitrogens with one attached hydrogen (secondary N) is 1. The maximum atomic E-state index is 11.8. The van der Waals surface area contributed by atoms with Crippen LogP contribution in [-0.4, -0.2) is 58.7 Å². The van der Waals surface area contributed by atoms with Crippen LogP contribution in [0.3, 0.4) is 0 Å². The molecule has 3 heterocycles. The Balaban J connectivity index is 1.62. The van der Waals surface area contributed by atoms with E-state index in [1.165, 1.54) is 0 Å². The summed E-state index contributed by atoms with van der Waals surface area (Å²) in [5, 5.41) is 3.33. The van der Waals surface area contributed by atoms with Gasteiger partial charge in [0.2, 0.25) is 0 Å². The highest BCUT2D eigenvalue weighted by atomic mass is 16.6. The third kappa shape index (κ3) is 4.59. The van der Waals surface area contributed by atoms with Crippen LogP contribution in [0.25, 0.3) is 0 Å². The number of piperazine rings is 1. The van der Waals surface area contributed by atoms with Gasteiger partial charge in [0, 0.05) is 51.2 Å². The zero-order valence-electron chi connectivity index (χ0n) is 15.2. The van der Waals surface area contributed by atoms with Crippen LogP contribution in [0.1, 0.15) is 18.3 Å². The Bertz CT molecular complexity index is 732. The Hall–Kier alpha value is -2.90. The van der Waals surface area contributed by atoms with E-state index in [1.54, 1.807) is 17.3 Å². The number of aryl methyl sites for hydroxylation is 1. The molecule has 0 spiro atoms. The number of carbonyl (C=O) groups is 1. The number of carbonyl (C=O) groups excluding carboxylic acids is 1. The van der Waals surface area contributed by atoms with Crippen molar-refractivity contribution in [3.05, 3.63) is 42.0 Å². The van der Waals surface area contributed by atoms with Crippen LogP contribution in [0.2, 0.25) is 0 Å². The first-order valence-electron chi connectivity index (χ1n) is 8.81. The van der Waals surface area contributed by atoms with Crippen LogP contribution in [0, 0.1) is 6.92 Å². The van der Waals surface area contributed by atoms with Crippen molar-refractivity contribution >= 4 is 17.7 Å². The molecule has 1 amide bonds. The molecular weight excluding hydrogens is 332 g/mol. The highest BCUT2D eigenvalue weighted by Crippen LogP contribution is 2.18. The maximum absolute atomic E-state index is 11.8. The van der Waals surface area contributed by atoms with Crippen molar-refractivity contribution in [1.82, 2.24) is 19.9 Å². The fourth-order valence-corrected chi connectivity index (χ4v) is 2.83. The summed E-state index contributed by atoms with van der Waals surface area (Å²) in [6, 6.07) is 5.89. The lowest BCUT2D eigenvalue weighted by molar-refractivity contribution is 0.105. The van der Waals surface area contributed by atoms with Crippen molar-refractivity contribution in [2.75, 3.05) is 43.0 Å². The van der Waals surface area contributed by atoms with E-state index in [-0.39, 0.29) is 6.09 Å². The summed E-state index contributed by atoms with van der Waals surface area (Å²) in [6.45, 7) is 7.47. The van der Waals surface area contributed by atoms with Gasteiger partial charge in [-0.05, 0) is 31.5 Å². The number of aromatic nitrogens is 3. The number of nitrogens with zero attached hydrogens (tertiary/aromatic N) is 5. The van der Waals surface area contributed by atoms with Gasteiger partial charge in [-0.15, -0.1) is 0 Å². The van der Waals surface area contributed by atoms with E-state index >= 15 is 0 Å². The topological polar surface area (TPSA) is 83.5 Å². The second-order valence-electron chi connectivity index (χ2n) is 6.04. The Morgan fingerprint density at radius 1 is 1.19 bits per heavy atom. The normalized spacial score (nSPS) is 14.2. The standard InChI is InChI=1S/C18H24N6O2/c1-3-26-18(25)24-10-8-23(9-11-24)17-12-16(21-14(2)22-17)20-13-15-4-6-19-7-5-15/h4-7,12H,3,8-11,13H2,1-2H3,(H,20,21,22). The average Bonchev–Trinajstić information content (AvgIpc) is 2.67. The fraction of sp³-hybridized carbons (Fsp3) is 0.444. The number of hydrogen-bond acceptors (Lipinski definition) is 7. The molecule has 0 bridgehead atoms. The summed E-state index contributed by atoms with van der Waals surface area (Å²) in [5.74, 6) is 2.38. The average molecular weight is 356 g/mol. The second kappa shape index (κ2) is 8.46.